The Kier molecular flexibility index (Phi) is 5.16. The molecule has 6 nitrogen and oxygen atoms in total. The number of hydrogen-bond donors (Lipinski definition) is 1. The number of carbonyl (C=O) groups is 1. The summed E-state index contributed by atoms with van der Waals surface area (Å²) in [5.41, 5.74) is 2.44. The van der Waals surface area contributed by atoms with Crippen LogP contribution in [0.1, 0.15) is 12.8 Å². The van der Waals surface area contributed by atoms with E-state index >= 15 is 0 Å². The number of thiophene rings is 1. The van der Waals surface area contributed by atoms with Crippen LogP contribution in [-0.2, 0) is 4.79 Å². The molecule has 2 aromatic heterocycles. The molecule has 1 aromatic carbocycles. The first-order chi connectivity index (χ1) is 14.3. The quantitative estimate of drug-likeness (QED) is 0.720. The van der Waals surface area contributed by atoms with Crippen molar-refractivity contribution in [1.29, 1.82) is 0 Å². The van der Waals surface area contributed by atoms with E-state index in [1.54, 1.807) is 17.7 Å². The smallest absolute Gasteiger partial charge is 0.234 e. The van der Waals surface area contributed by atoms with E-state index in [1.807, 2.05) is 6.07 Å². The molecule has 4 heterocycles. The Balaban J connectivity index is 1.33. The van der Waals surface area contributed by atoms with Gasteiger partial charge in [-0.05, 0) is 24.3 Å². The van der Waals surface area contributed by atoms with Crippen molar-refractivity contribution in [1.82, 2.24) is 20.2 Å². The third-order valence-electron chi connectivity index (χ3n) is 5.98. The monoisotopic (exact) mass is 407 g/mol. The number of rotatable bonds is 4. The second-order valence-corrected chi connectivity index (χ2v) is 8.77. The van der Waals surface area contributed by atoms with E-state index in [4.69, 9.17) is 4.98 Å². The fourth-order valence-corrected chi connectivity index (χ4v) is 5.38. The molecule has 1 N–H and O–H groups in total. The minimum atomic E-state index is 0.156. The normalized spacial score (nSPS) is 18.9. The van der Waals surface area contributed by atoms with Crippen LogP contribution in [0, 0.1) is 5.92 Å². The van der Waals surface area contributed by atoms with Crippen LogP contribution in [0.25, 0.3) is 21.3 Å². The highest BCUT2D eigenvalue weighted by Gasteiger charge is 2.26. The van der Waals surface area contributed by atoms with Crippen molar-refractivity contribution in [3.8, 4) is 11.1 Å². The zero-order chi connectivity index (χ0) is 19.6. The number of nitrogens with zero attached hydrogens (tertiary/aromatic N) is 4. The average Bonchev–Trinajstić information content (AvgIpc) is 3.19. The van der Waals surface area contributed by atoms with Gasteiger partial charge in [0.05, 0.1) is 11.9 Å². The maximum absolute atomic E-state index is 11.6. The highest BCUT2D eigenvalue weighted by atomic mass is 32.1. The molecular formula is C22H25N5OS. The molecular weight excluding hydrogens is 382 g/mol. The van der Waals surface area contributed by atoms with Gasteiger partial charge in [0.25, 0.3) is 0 Å². The summed E-state index contributed by atoms with van der Waals surface area (Å²) in [7, 11) is 0. The Morgan fingerprint density at radius 2 is 1.93 bits per heavy atom. The van der Waals surface area contributed by atoms with Gasteiger partial charge in [-0.2, -0.15) is 0 Å². The van der Waals surface area contributed by atoms with E-state index in [9.17, 15) is 4.79 Å². The van der Waals surface area contributed by atoms with Crippen molar-refractivity contribution < 1.29 is 4.79 Å². The topological polar surface area (TPSA) is 61.4 Å². The van der Waals surface area contributed by atoms with Gasteiger partial charge in [-0.3, -0.25) is 9.69 Å². The molecule has 0 spiro atoms. The van der Waals surface area contributed by atoms with Gasteiger partial charge in [0, 0.05) is 43.7 Å². The molecule has 7 heteroatoms. The molecule has 2 aliphatic heterocycles. The van der Waals surface area contributed by atoms with Gasteiger partial charge >= 0.3 is 0 Å². The minimum absolute atomic E-state index is 0.156. The number of hydrogen-bond acceptors (Lipinski definition) is 6. The van der Waals surface area contributed by atoms with Crippen LogP contribution in [-0.4, -0.2) is 60.0 Å². The number of carbonyl (C=O) groups excluding carboxylic acids is 1. The maximum atomic E-state index is 11.6. The molecule has 0 bridgehead atoms. The molecule has 3 aromatic rings. The zero-order valence-electron chi connectivity index (χ0n) is 16.4. The van der Waals surface area contributed by atoms with Gasteiger partial charge in [-0.15, -0.1) is 11.3 Å². The lowest BCUT2D eigenvalue weighted by atomic mass is 9.95. The molecule has 0 saturated carbocycles. The van der Waals surface area contributed by atoms with Gasteiger partial charge < -0.3 is 10.2 Å². The standard InChI is InChI=1S/C22H25N5OS/c28-19-13-26(11-8-23-19)12-16-6-9-27(10-7-16)21-20-18(17-4-2-1-3-5-17)14-29-22(20)25-15-24-21/h1-5,14-16H,6-13H2,(H,23,28). The molecule has 150 valence electrons. The van der Waals surface area contributed by atoms with E-state index in [1.165, 1.54) is 16.5 Å². The second kappa shape index (κ2) is 8.08. The van der Waals surface area contributed by atoms with Crippen LogP contribution in [0.4, 0.5) is 5.82 Å². The minimum Gasteiger partial charge on any atom is -0.356 e. The van der Waals surface area contributed by atoms with Crippen molar-refractivity contribution in [2.75, 3.05) is 44.2 Å². The second-order valence-electron chi connectivity index (χ2n) is 7.91. The summed E-state index contributed by atoms with van der Waals surface area (Å²) in [4.78, 5) is 26.6. The van der Waals surface area contributed by atoms with Gasteiger partial charge in [0.2, 0.25) is 5.91 Å². The van der Waals surface area contributed by atoms with Crippen LogP contribution < -0.4 is 10.2 Å². The van der Waals surface area contributed by atoms with Crippen LogP contribution in [0.5, 0.6) is 0 Å². The largest absolute Gasteiger partial charge is 0.356 e. The number of anilines is 1. The molecule has 2 saturated heterocycles. The number of amides is 1. The molecule has 0 unspecified atom stereocenters. The van der Waals surface area contributed by atoms with Gasteiger partial charge in [-0.1, -0.05) is 30.3 Å². The molecule has 29 heavy (non-hydrogen) atoms. The Labute approximate surface area is 174 Å². The summed E-state index contributed by atoms with van der Waals surface area (Å²) in [5.74, 6) is 1.86. The first-order valence-electron chi connectivity index (χ1n) is 10.3. The third kappa shape index (κ3) is 3.84. The molecule has 0 radical (unpaired) electrons. The highest BCUT2D eigenvalue weighted by molar-refractivity contribution is 7.17. The van der Waals surface area contributed by atoms with Gasteiger partial charge in [0.15, 0.2) is 0 Å². The Morgan fingerprint density at radius 3 is 2.72 bits per heavy atom. The van der Waals surface area contributed by atoms with Gasteiger partial charge in [0.1, 0.15) is 17.0 Å². The lowest BCUT2D eigenvalue weighted by Crippen LogP contribution is -2.50. The van der Waals surface area contributed by atoms with E-state index in [0.717, 1.165) is 56.2 Å². The lowest BCUT2D eigenvalue weighted by molar-refractivity contribution is -0.124. The van der Waals surface area contributed by atoms with Crippen LogP contribution in [0.3, 0.4) is 0 Å². The summed E-state index contributed by atoms with van der Waals surface area (Å²) in [6, 6.07) is 10.5. The third-order valence-corrected chi connectivity index (χ3v) is 6.87. The number of piperazine rings is 1. The van der Waals surface area contributed by atoms with Crippen molar-refractivity contribution in [2.45, 2.75) is 12.8 Å². The fraction of sp³-hybridized carbons (Fsp3) is 0.409. The summed E-state index contributed by atoms with van der Waals surface area (Å²) in [5, 5.41) is 6.29. The average molecular weight is 408 g/mol. The highest BCUT2D eigenvalue weighted by Crippen LogP contribution is 2.38. The van der Waals surface area contributed by atoms with E-state index in [0.29, 0.717) is 12.5 Å². The lowest BCUT2D eigenvalue weighted by Gasteiger charge is -2.36. The Hall–Kier alpha value is -2.51. The number of piperidine rings is 1. The summed E-state index contributed by atoms with van der Waals surface area (Å²) >= 11 is 1.69. The number of benzene rings is 1. The Bertz CT molecular complexity index is 997. The first kappa shape index (κ1) is 18.5. The predicted octanol–water partition coefficient (Wildman–Crippen LogP) is 3.01. The number of nitrogens with one attached hydrogen (secondary N) is 1. The van der Waals surface area contributed by atoms with Crippen molar-refractivity contribution in [3.63, 3.8) is 0 Å². The van der Waals surface area contributed by atoms with E-state index in [2.05, 4.69) is 49.7 Å². The van der Waals surface area contributed by atoms with Gasteiger partial charge in [-0.25, -0.2) is 9.97 Å². The number of fused-ring (bicyclic) bond motifs is 1. The fourth-order valence-electron chi connectivity index (χ4n) is 4.47. The van der Waals surface area contributed by atoms with Crippen LogP contribution >= 0.6 is 11.3 Å². The molecule has 1 amide bonds. The molecule has 2 aliphatic rings. The van der Waals surface area contributed by atoms with E-state index < -0.39 is 0 Å². The number of aromatic nitrogens is 2. The van der Waals surface area contributed by atoms with Crippen molar-refractivity contribution in [2.24, 2.45) is 5.92 Å². The Morgan fingerprint density at radius 1 is 1.10 bits per heavy atom. The maximum Gasteiger partial charge on any atom is 0.234 e. The van der Waals surface area contributed by atoms with Crippen molar-refractivity contribution in [3.05, 3.63) is 42.0 Å². The van der Waals surface area contributed by atoms with Crippen molar-refractivity contribution >= 4 is 33.3 Å². The summed E-state index contributed by atoms with van der Waals surface area (Å²) in [6.07, 6.45) is 3.96. The first-order valence-corrected chi connectivity index (χ1v) is 11.2. The summed E-state index contributed by atoms with van der Waals surface area (Å²) < 4.78 is 0. The molecule has 0 atom stereocenters. The molecule has 0 aliphatic carbocycles. The molecule has 5 rings (SSSR count). The predicted molar refractivity (Wildman–Crippen MR) is 117 cm³/mol. The zero-order valence-corrected chi connectivity index (χ0v) is 17.2. The summed E-state index contributed by atoms with van der Waals surface area (Å²) in [6.45, 7) is 5.31. The van der Waals surface area contributed by atoms with Crippen LogP contribution in [0.2, 0.25) is 0 Å². The van der Waals surface area contributed by atoms with E-state index in [-0.39, 0.29) is 5.91 Å². The SMILES string of the molecule is O=C1CN(CC2CCN(c3ncnc4scc(-c5ccccc5)c34)CC2)CCN1. The molecule has 2 fully saturated rings. The van der Waals surface area contributed by atoms with Crippen LogP contribution in [0.15, 0.2) is 42.0 Å².